The van der Waals surface area contributed by atoms with E-state index in [1.54, 1.807) is 0 Å². The van der Waals surface area contributed by atoms with Gasteiger partial charge in [0.15, 0.2) is 11.5 Å². The summed E-state index contributed by atoms with van der Waals surface area (Å²) >= 11 is 0. The first kappa shape index (κ1) is 13.3. The summed E-state index contributed by atoms with van der Waals surface area (Å²) in [6, 6.07) is 5.80. The number of amides is 1. The molecule has 0 spiro atoms. The molecule has 0 bridgehead atoms. The molecule has 1 aromatic carbocycles. The van der Waals surface area contributed by atoms with E-state index < -0.39 is 0 Å². The summed E-state index contributed by atoms with van der Waals surface area (Å²) in [5, 5.41) is 0. The fourth-order valence-corrected chi connectivity index (χ4v) is 2.80. The van der Waals surface area contributed by atoms with Gasteiger partial charge in [0, 0.05) is 13.1 Å². The van der Waals surface area contributed by atoms with Crippen LogP contribution in [0.4, 0.5) is 0 Å². The summed E-state index contributed by atoms with van der Waals surface area (Å²) in [4.78, 5) is 14.3. The van der Waals surface area contributed by atoms with Gasteiger partial charge in [-0.1, -0.05) is 18.9 Å². The lowest BCUT2D eigenvalue weighted by atomic mass is 10.1. The van der Waals surface area contributed by atoms with Gasteiger partial charge in [-0.25, -0.2) is 0 Å². The van der Waals surface area contributed by atoms with E-state index in [0.29, 0.717) is 19.6 Å². The van der Waals surface area contributed by atoms with E-state index in [-0.39, 0.29) is 5.91 Å². The van der Waals surface area contributed by atoms with Crippen LogP contribution in [0.15, 0.2) is 18.2 Å². The van der Waals surface area contributed by atoms with E-state index >= 15 is 0 Å². The van der Waals surface area contributed by atoms with Crippen LogP contribution in [0.1, 0.15) is 31.2 Å². The Bertz CT molecular complexity index is 479. The molecular weight excluding hydrogens is 254 g/mol. The van der Waals surface area contributed by atoms with Gasteiger partial charge in [-0.3, -0.25) is 4.79 Å². The molecule has 2 aliphatic rings. The number of carbonyl (C=O) groups excluding carboxylic acids is 1. The zero-order valence-electron chi connectivity index (χ0n) is 11.8. The van der Waals surface area contributed by atoms with Gasteiger partial charge in [0.05, 0.1) is 6.42 Å². The number of ether oxygens (including phenoxy) is 2. The van der Waals surface area contributed by atoms with Crippen molar-refractivity contribution in [3.8, 4) is 11.5 Å². The lowest BCUT2D eigenvalue weighted by Crippen LogP contribution is -2.33. The molecule has 4 nitrogen and oxygen atoms in total. The lowest BCUT2D eigenvalue weighted by molar-refractivity contribution is -0.130. The number of fused-ring (bicyclic) bond motifs is 1. The zero-order valence-corrected chi connectivity index (χ0v) is 11.8. The number of hydrogen-bond acceptors (Lipinski definition) is 3. The summed E-state index contributed by atoms with van der Waals surface area (Å²) in [6.07, 6.45) is 5.21. The van der Waals surface area contributed by atoms with Crippen molar-refractivity contribution >= 4 is 5.91 Å². The Morgan fingerprint density at radius 2 is 1.70 bits per heavy atom. The smallest absolute Gasteiger partial charge is 0.226 e. The van der Waals surface area contributed by atoms with Crippen LogP contribution in [0.25, 0.3) is 0 Å². The Morgan fingerprint density at radius 3 is 2.45 bits per heavy atom. The number of carbonyl (C=O) groups is 1. The number of benzene rings is 1. The van der Waals surface area contributed by atoms with Crippen molar-refractivity contribution in [2.24, 2.45) is 0 Å². The van der Waals surface area contributed by atoms with Crippen LogP contribution in [0.5, 0.6) is 11.5 Å². The van der Waals surface area contributed by atoms with Gasteiger partial charge < -0.3 is 14.4 Å². The Kier molecular flexibility index (Phi) is 4.09. The molecule has 108 valence electrons. The molecule has 0 unspecified atom stereocenters. The molecule has 1 fully saturated rings. The summed E-state index contributed by atoms with van der Waals surface area (Å²) in [7, 11) is 0. The number of hydrogen-bond donors (Lipinski definition) is 0. The highest BCUT2D eigenvalue weighted by molar-refractivity contribution is 5.79. The van der Waals surface area contributed by atoms with Crippen molar-refractivity contribution in [1.82, 2.24) is 4.90 Å². The molecule has 2 aliphatic heterocycles. The molecule has 1 saturated heterocycles. The Morgan fingerprint density at radius 1 is 1.00 bits per heavy atom. The second kappa shape index (κ2) is 6.16. The van der Waals surface area contributed by atoms with Crippen molar-refractivity contribution in [1.29, 1.82) is 0 Å². The quantitative estimate of drug-likeness (QED) is 0.832. The third-order valence-corrected chi connectivity index (χ3v) is 3.92. The topological polar surface area (TPSA) is 38.8 Å². The van der Waals surface area contributed by atoms with Crippen molar-refractivity contribution in [3.63, 3.8) is 0 Å². The highest BCUT2D eigenvalue weighted by Crippen LogP contribution is 2.31. The molecule has 1 amide bonds. The van der Waals surface area contributed by atoms with E-state index in [0.717, 1.165) is 43.0 Å². The van der Waals surface area contributed by atoms with Crippen molar-refractivity contribution in [2.45, 2.75) is 32.1 Å². The molecule has 0 radical (unpaired) electrons. The fourth-order valence-electron chi connectivity index (χ4n) is 2.80. The molecular formula is C16H21NO3. The van der Waals surface area contributed by atoms with Crippen LogP contribution in [0.3, 0.4) is 0 Å². The predicted octanol–water partition coefficient (Wildman–Crippen LogP) is 2.40. The van der Waals surface area contributed by atoms with Crippen LogP contribution < -0.4 is 9.47 Å². The summed E-state index contributed by atoms with van der Waals surface area (Å²) in [6.45, 7) is 2.99. The normalized spacial score (nSPS) is 18.5. The molecule has 0 atom stereocenters. The predicted molar refractivity (Wildman–Crippen MR) is 76.2 cm³/mol. The minimum atomic E-state index is 0.226. The van der Waals surface area contributed by atoms with Crippen LogP contribution in [-0.2, 0) is 11.2 Å². The highest BCUT2D eigenvalue weighted by atomic mass is 16.6. The molecule has 20 heavy (non-hydrogen) atoms. The molecule has 0 N–H and O–H groups in total. The second-order valence-electron chi connectivity index (χ2n) is 5.45. The monoisotopic (exact) mass is 275 g/mol. The average molecular weight is 275 g/mol. The Hall–Kier alpha value is -1.71. The van der Waals surface area contributed by atoms with Gasteiger partial charge in [-0.2, -0.15) is 0 Å². The number of rotatable bonds is 2. The first-order valence-corrected chi connectivity index (χ1v) is 7.49. The van der Waals surface area contributed by atoms with E-state index in [9.17, 15) is 4.79 Å². The standard InChI is InChI=1S/C16H21NO3/c18-16(17-7-3-1-2-4-8-17)12-13-5-6-14-15(11-13)20-10-9-19-14/h5-6,11H,1-4,7-10,12H2. The van der Waals surface area contributed by atoms with Crippen molar-refractivity contribution in [2.75, 3.05) is 26.3 Å². The van der Waals surface area contributed by atoms with Gasteiger partial charge in [0.2, 0.25) is 5.91 Å². The molecule has 1 aromatic rings. The summed E-state index contributed by atoms with van der Waals surface area (Å²) < 4.78 is 11.1. The molecule has 0 aromatic heterocycles. The van der Waals surface area contributed by atoms with E-state index in [1.165, 1.54) is 12.8 Å². The Labute approximate surface area is 119 Å². The number of likely N-dealkylation sites (tertiary alicyclic amines) is 1. The van der Waals surface area contributed by atoms with Gasteiger partial charge in [-0.05, 0) is 30.5 Å². The third-order valence-electron chi connectivity index (χ3n) is 3.92. The minimum absolute atomic E-state index is 0.226. The van der Waals surface area contributed by atoms with E-state index in [1.807, 2.05) is 23.1 Å². The first-order chi connectivity index (χ1) is 9.83. The lowest BCUT2D eigenvalue weighted by Gasteiger charge is -2.21. The average Bonchev–Trinajstić information content (AvgIpc) is 2.76. The SMILES string of the molecule is O=C(Cc1ccc2c(c1)OCCO2)N1CCCCCC1. The largest absolute Gasteiger partial charge is 0.486 e. The summed E-state index contributed by atoms with van der Waals surface area (Å²) in [5.74, 6) is 1.77. The van der Waals surface area contributed by atoms with Crippen LogP contribution in [-0.4, -0.2) is 37.1 Å². The van der Waals surface area contributed by atoms with Gasteiger partial charge in [0.1, 0.15) is 13.2 Å². The fraction of sp³-hybridized carbons (Fsp3) is 0.562. The van der Waals surface area contributed by atoms with Crippen molar-refractivity contribution < 1.29 is 14.3 Å². The maximum atomic E-state index is 12.3. The molecule has 0 saturated carbocycles. The number of nitrogens with zero attached hydrogens (tertiary/aromatic N) is 1. The third kappa shape index (κ3) is 3.06. The van der Waals surface area contributed by atoms with Crippen LogP contribution in [0.2, 0.25) is 0 Å². The zero-order chi connectivity index (χ0) is 13.8. The maximum absolute atomic E-state index is 12.3. The minimum Gasteiger partial charge on any atom is -0.486 e. The van der Waals surface area contributed by atoms with E-state index in [2.05, 4.69) is 0 Å². The van der Waals surface area contributed by atoms with Crippen LogP contribution in [0, 0.1) is 0 Å². The Balaban J connectivity index is 1.66. The second-order valence-corrected chi connectivity index (χ2v) is 5.45. The van der Waals surface area contributed by atoms with E-state index in [4.69, 9.17) is 9.47 Å². The molecule has 2 heterocycles. The maximum Gasteiger partial charge on any atom is 0.226 e. The van der Waals surface area contributed by atoms with Crippen molar-refractivity contribution in [3.05, 3.63) is 23.8 Å². The van der Waals surface area contributed by atoms with Gasteiger partial charge in [-0.15, -0.1) is 0 Å². The highest BCUT2D eigenvalue weighted by Gasteiger charge is 2.17. The molecule has 0 aliphatic carbocycles. The van der Waals surface area contributed by atoms with Gasteiger partial charge in [0.25, 0.3) is 0 Å². The first-order valence-electron chi connectivity index (χ1n) is 7.49. The molecule has 3 rings (SSSR count). The summed E-state index contributed by atoms with van der Waals surface area (Å²) in [5.41, 5.74) is 1.00. The van der Waals surface area contributed by atoms with Gasteiger partial charge >= 0.3 is 0 Å². The van der Waals surface area contributed by atoms with Crippen LogP contribution >= 0.6 is 0 Å². The molecule has 4 heteroatoms.